The van der Waals surface area contributed by atoms with E-state index >= 15 is 0 Å². The van der Waals surface area contributed by atoms with E-state index in [-0.39, 0.29) is 5.84 Å². The Balaban J connectivity index is 2.94. The maximum atomic E-state index is 13.1. The highest BCUT2D eigenvalue weighted by atomic mass is 19.1. The summed E-state index contributed by atoms with van der Waals surface area (Å²) in [4.78, 5) is 0. The van der Waals surface area contributed by atoms with E-state index < -0.39 is 11.6 Å². The molecule has 11 heavy (non-hydrogen) atoms. The Morgan fingerprint density at radius 2 is 2.27 bits per heavy atom. The quantitative estimate of drug-likeness (QED) is 0.431. The molecule has 0 spiro atoms. The molecule has 0 aliphatic heterocycles. The van der Waals surface area contributed by atoms with Crippen molar-refractivity contribution in [1.29, 1.82) is 5.41 Å². The van der Waals surface area contributed by atoms with Crippen molar-refractivity contribution in [3.05, 3.63) is 31.2 Å². The Labute approximate surface area is 65.1 Å². The highest BCUT2D eigenvalue weighted by molar-refractivity contribution is 5.87. The summed E-state index contributed by atoms with van der Waals surface area (Å²) < 4.78 is 13.1. The van der Waals surface area contributed by atoms with Gasteiger partial charge in [-0.25, -0.2) is 4.39 Å². The molecule has 3 N–H and O–H groups in total. The number of nitrogens with one attached hydrogen (secondary N) is 1. The largest absolute Gasteiger partial charge is 0.387 e. The lowest BCUT2D eigenvalue weighted by molar-refractivity contribution is 0.308. The van der Waals surface area contributed by atoms with Crippen molar-refractivity contribution in [3.63, 3.8) is 0 Å². The predicted octanol–water partition coefficient (Wildman–Crippen LogP) is 1.21. The number of halogens is 1. The summed E-state index contributed by atoms with van der Waals surface area (Å²) in [7, 11) is 0. The number of rotatable bonds is 1. The summed E-state index contributed by atoms with van der Waals surface area (Å²) in [5, 5.41) is 7.11. The molecule has 59 valence electrons. The molecule has 1 radical (unpaired) electrons. The Morgan fingerprint density at radius 1 is 1.64 bits per heavy atom. The van der Waals surface area contributed by atoms with Gasteiger partial charge in [0.15, 0.2) is 0 Å². The fourth-order valence-corrected chi connectivity index (χ4v) is 0.891. The van der Waals surface area contributed by atoms with Crippen molar-refractivity contribution in [3.8, 4) is 0 Å². The molecule has 2 nitrogen and oxygen atoms in total. The molecule has 0 saturated heterocycles. The van der Waals surface area contributed by atoms with Gasteiger partial charge in [0.2, 0.25) is 0 Å². The van der Waals surface area contributed by atoms with Gasteiger partial charge in [0, 0.05) is 0 Å². The van der Waals surface area contributed by atoms with Gasteiger partial charge in [0.05, 0.1) is 5.41 Å². The minimum absolute atomic E-state index is 0.245. The molecule has 1 aliphatic carbocycles. The van der Waals surface area contributed by atoms with E-state index in [0.29, 0.717) is 0 Å². The Kier molecular flexibility index (Phi) is 1.81. The van der Waals surface area contributed by atoms with Crippen LogP contribution in [0.25, 0.3) is 0 Å². The van der Waals surface area contributed by atoms with Crippen LogP contribution in [0.2, 0.25) is 0 Å². The summed E-state index contributed by atoms with van der Waals surface area (Å²) >= 11 is 0. The molecular formula is C8H10FN2. The Hall–Kier alpha value is -1.12. The number of alkyl halides is 1. The first-order chi connectivity index (χ1) is 5.07. The maximum absolute atomic E-state index is 13.1. The summed E-state index contributed by atoms with van der Waals surface area (Å²) in [5.41, 5.74) is 4.00. The average Bonchev–Trinajstić information content (AvgIpc) is 1.95. The summed E-state index contributed by atoms with van der Waals surface area (Å²) in [6.45, 7) is 3.55. The predicted molar refractivity (Wildman–Crippen MR) is 42.9 cm³/mol. The molecular weight excluding hydrogens is 143 g/mol. The van der Waals surface area contributed by atoms with Gasteiger partial charge < -0.3 is 5.73 Å². The van der Waals surface area contributed by atoms with Crippen LogP contribution in [0.5, 0.6) is 0 Å². The molecule has 2 unspecified atom stereocenters. The zero-order valence-corrected chi connectivity index (χ0v) is 6.05. The van der Waals surface area contributed by atoms with Crippen molar-refractivity contribution < 1.29 is 4.39 Å². The van der Waals surface area contributed by atoms with Crippen molar-refractivity contribution in [2.24, 2.45) is 11.1 Å². The van der Waals surface area contributed by atoms with Crippen LogP contribution in [0.15, 0.2) is 24.3 Å². The molecule has 1 aliphatic rings. The molecule has 0 aromatic rings. The van der Waals surface area contributed by atoms with E-state index in [0.717, 1.165) is 0 Å². The summed E-state index contributed by atoms with van der Waals surface area (Å²) in [6, 6.07) is 0. The van der Waals surface area contributed by atoms with Gasteiger partial charge in [-0.05, 0) is 13.0 Å². The van der Waals surface area contributed by atoms with Crippen LogP contribution in [-0.2, 0) is 0 Å². The summed E-state index contributed by atoms with van der Waals surface area (Å²) in [6.07, 6.45) is 4.78. The number of allylic oxidation sites excluding steroid dienone is 3. The molecule has 0 aromatic carbocycles. The lowest BCUT2D eigenvalue weighted by Crippen LogP contribution is -2.40. The first-order valence-corrected chi connectivity index (χ1v) is 3.27. The average molecular weight is 153 g/mol. The molecule has 0 aromatic heterocycles. The van der Waals surface area contributed by atoms with Gasteiger partial charge >= 0.3 is 0 Å². The van der Waals surface area contributed by atoms with Gasteiger partial charge in [0.25, 0.3) is 0 Å². The van der Waals surface area contributed by atoms with Crippen molar-refractivity contribution >= 4 is 5.84 Å². The van der Waals surface area contributed by atoms with E-state index in [9.17, 15) is 4.39 Å². The third kappa shape index (κ3) is 1.18. The molecule has 0 saturated carbocycles. The van der Waals surface area contributed by atoms with E-state index in [1.54, 1.807) is 12.2 Å². The molecule has 3 heteroatoms. The van der Waals surface area contributed by atoms with E-state index in [4.69, 9.17) is 11.1 Å². The first-order valence-electron chi connectivity index (χ1n) is 3.27. The van der Waals surface area contributed by atoms with Gasteiger partial charge in [-0.2, -0.15) is 0 Å². The maximum Gasteiger partial charge on any atom is 0.135 e. The SMILES string of the molecule is [CH2]C1(C(=N)N)C=CC=CC1F. The Bertz CT molecular complexity index is 232. The zero-order chi connectivity index (χ0) is 8.48. The van der Waals surface area contributed by atoms with Crippen molar-refractivity contribution in [2.45, 2.75) is 6.17 Å². The summed E-state index contributed by atoms with van der Waals surface area (Å²) in [5.74, 6) is -0.245. The lowest BCUT2D eigenvalue weighted by atomic mass is 9.81. The van der Waals surface area contributed by atoms with Gasteiger partial charge in [-0.15, -0.1) is 0 Å². The van der Waals surface area contributed by atoms with Crippen LogP contribution in [0.1, 0.15) is 0 Å². The number of nitrogens with two attached hydrogens (primary N) is 1. The van der Waals surface area contributed by atoms with Gasteiger partial charge in [-0.3, -0.25) is 5.41 Å². The lowest BCUT2D eigenvalue weighted by Gasteiger charge is -2.27. The number of hydrogen-bond acceptors (Lipinski definition) is 1. The molecule has 2 atom stereocenters. The second-order valence-corrected chi connectivity index (χ2v) is 2.60. The van der Waals surface area contributed by atoms with Crippen molar-refractivity contribution in [1.82, 2.24) is 0 Å². The standard InChI is InChI=1S/C8H10FN2/c1-8(7(10)11)5-3-2-4-6(8)9/h2-6H,1H2,(H3,10,11). The van der Waals surface area contributed by atoms with Crippen molar-refractivity contribution in [2.75, 3.05) is 0 Å². The van der Waals surface area contributed by atoms with Crippen LogP contribution >= 0.6 is 0 Å². The second-order valence-electron chi connectivity index (χ2n) is 2.60. The highest BCUT2D eigenvalue weighted by Crippen LogP contribution is 2.29. The molecule has 0 bridgehead atoms. The third-order valence-electron chi connectivity index (χ3n) is 1.78. The van der Waals surface area contributed by atoms with Crippen LogP contribution in [0.3, 0.4) is 0 Å². The third-order valence-corrected chi connectivity index (χ3v) is 1.78. The van der Waals surface area contributed by atoms with E-state index in [2.05, 4.69) is 6.92 Å². The molecule has 1 rings (SSSR count). The normalized spacial score (nSPS) is 35.6. The van der Waals surface area contributed by atoms with E-state index in [1.165, 1.54) is 12.2 Å². The zero-order valence-electron chi connectivity index (χ0n) is 6.05. The van der Waals surface area contributed by atoms with Crippen LogP contribution in [-0.4, -0.2) is 12.0 Å². The van der Waals surface area contributed by atoms with Gasteiger partial charge in [-0.1, -0.05) is 18.2 Å². The monoisotopic (exact) mass is 153 g/mol. The molecule has 0 amide bonds. The Morgan fingerprint density at radius 3 is 2.64 bits per heavy atom. The van der Waals surface area contributed by atoms with E-state index in [1.807, 2.05) is 0 Å². The smallest absolute Gasteiger partial charge is 0.135 e. The number of amidine groups is 1. The topological polar surface area (TPSA) is 49.9 Å². The van der Waals surface area contributed by atoms with Crippen LogP contribution in [0.4, 0.5) is 4.39 Å². The minimum atomic E-state index is -1.29. The first kappa shape index (κ1) is 7.98. The second kappa shape index (κ2) is 2.49. The fraction of sp³-hybridized carbons (Fsp3) is 0.250. The number of hydrogen-bond donors (Lipinski definition) is 2. The fourth-order valence-electron chi connectivity index (χ4n) is 0.891. The minimum Gasteiger partial charge on any atom is -0.387 e. The molecule has 0 heterocycles. The molecule has 0 fully saturated rings. The van der Waals surface area contributed by atoms with Gasteiger partial charge in [0.1, 0.15) is 12.0 Å². The highest BCUT2D eigenvalue weighted by Gasteiger charge is 2.34. The van der Waals surface area contributed by atoms with Crippen LogP contribution in [0, 0.1) is 17.7 Å². The van der Waals surface area contributed by atoms with Crippen LogP contribution < -0.4 is 5.73 Å².